The molecule has 0 saturated heterocycles. The van der Waals surface area contributed by atoms with Crippen LogP contribution in [0.2, 0.25) is 0 Å². The quantitative estimate of drug-likeness (QED) is 0.400. The molecule has 0 heterocycles. The SMILES string of the molecule is CC(C)=CCC[C@H](C)I. The van der Waals surface area contributed by atoms with Crippen LogP contribution in [0.15, 0.2) is 11.6 Å². The summed E-state index contributed by atoms with van der Waals surface area (Å²) in [6.07, 6.45) is 4.85. The summed E-state index contributed by atoms with van der Waals surface area (Å²) in [4.78, 5) is 0. The Morgan fingerprint density at radius 2 is 2.11 bits per heavy atom. The summed E-state index contributed by atoms with van der Waals surface area (Å²) >= 11 is 2.46. The van der Waals surface area contributed by atoms with E-state index in [0.29, 0.717) is 0 Å². The van der Waals surface area contributed by atoms with E-state index >= 15 is 0 Å². The molecule has 0 aromatic heterocycles. The molecule has 0 aliphatic rings. The molecule has 0 bridgehead atoms. The highest BCUT2D eigenvalue weighted by Crippen LogP contribution is 2.08. The molecule has 0 saturated carbocycles. The molecule has 0 aliphatic heterocycles. The van der Waals surface area contributed by atoms with Gasteiger partial charge in [-0.2, -0.15) is 0 Å². The maximum atomic E-state index is 2.46. The van der Waals surface area contributed by atoms with Gasteiger partial charge in [-0.1, -0.05) is 41.2 Å². The molecule has 0 aromatic carbocycles. The Balaban J connectivity index is 3.20. The minimum atomic E-state index is 0.818. The van der Waals surface area contributed by atoms with Gasteiger partial charge >= 0.3 is 0 Å². The van der Waals surface area contributed by atoms with E-state index in [2.05, 4.69) is 49.4 Å². The Kier molecular flexibility index (Phi) is 5.55. The molecule has 0 N–H and O–H groups in total. The van der Waals surface area contributed by atoms with Gasteiger partial charge in [-0.3, -0.25) is 0 Å². The summed E-state index contributed by atoms with van der Waals surface area (Å²) < 4.78 is 0.818. The molecule has 0 radical (unpaired) electrons. The summed E-state index contributed by atoms with van der Waals surface area (Å²) in [5.41, 5.74) is 1.44. The first-order chi connectivity index (χ1) is 4.13. The van der Waals surface area contributed by atoms with Gasteiger partial charge in [-0.25, -0.2) is 0 Å². The topological polar surface area (TPSA) is 0 Å². The minimum absolute atomic E-state index is 0.818. The third kappa shape index (κ3) is 8.47. The van der Waals surface area contributed by atoms with Gasteiger partial charge in [0.05, 0.1) is 0 Å². The van der Waals surface area contributed by atoms with E-state index in [4.69, 9.17) is 0 Å². The van der Waals surface area contributed by atoms with E-state index in [1.807, 2.05) is 0 Å². The second-order valence-corrected chi connectivity index (χ2v) is 4.77. The molecule has 0 nitrogen and oxygen atoms in total. The van der Waals surface area contributed by atoms with Crippen LogP contribution in [0.5, 0.6) is 0 Å². The van der Waals surface area contributed by atoms with E-state index in [1.165, 1.54) is 18.4 Å². The van der Waals surface area contributed by atoms with Crippen LogP contribution in [-0.2, 0) is 0 Å². The average molecular weight is 238 g/mol. The number of hydrogen-bond donors (Lipinski definition) is 0. The van der Waals surface area contributed by atoms with Crippen molar-refractivity contribution in [1.82, 2.24) is 0 Å². The van der Waals surface area contributed by atoms with Crippen molar-refractivity contribution in [2.75, 3.05) is 0 Å². The third-order valence-corrected chi connectivity index (χ3v) is 1.74. The lowest BCUT2D eigenvalue weighted by atomic mass is 10.2. The minimum Gasteiger partial charge on any atom is -0.0859 e. The predicted molar refractivity (Wildman–Crippen MR) is 52.1 cm³/mol. The molecule has 54 valence electrons. The molecule has 0 fully saturated rings. The normalized spacial score (nSPS) is 12.9. The van der Waals surface area contributed by atoms with Crippen LogP contribution in [0, 0.1) is 0 Å². The van der Waals surface area contributed by atoms with Crippen LogP contribution in [0.1, 0.15) is 33.6 Å². The van der Waals surface area contributed by atoms with Crippen LogP contribution in [-0.4, -0.2) is 3.92 Å². The molecule has 0 amide bonds. The van der Waals surface area contributed by atoms with E-state index in [1.54, 1.807) is 0 Å². The second kappa shape index (κ2) is 5.27. The Labute approximate surface area is 71.9 Å². The molecular formula is C8H15I. The number of halogens is 1. The van der Waals surface area contributed by atoms with Gasteiger partial charge in [-0.15, -0.1) is 0 Å². The maximum Gasteiger partial charge on any atom is 0.00842 e. The van der Waals surface area contributed by atoms with Crippen molar-refractivity contribution < 1.29 is 0 Å². The zero-order valence-corrected chi connectivity index (χ0v) is 8.60. The highest BCUT2D eigenvalue weighted by molar-refractivity contribution is 14.1. The van der Waals surface area contributed by atoms with Crippen LogP contribution in [0.3, 0.4) is 0 Å². The van der Waals surface area contributed by atoms with Crippen molar-refractivity contribution in [2.45, 2.75) is 37.5 Å². The summed E-state index contributed by atoms with van der Waals surface area (Å²) in [7, 11) is 0. The zero-order valence-electron chi connectivity index (χ0n) is 6.45. The lowest BCUT2D eigenvalue weighted by Gasteiger charge is -1.97. The summed E-state index contributed by atoms with van der Waals surface area (Å²) in [6.45, 7) is 6.55. The monoisotopic (exact) mass is 238 g/mol. The summed E-state index contributed by atoms with van der Waals surface area (Å²) in [5, 5.41) is 0. The average Bonchev–Trinajstić information content (AvgIpc) is 1.63. The van der Waals surface area contributed by atoms with Gasteiger partial charge < -0.3 is 0 Å². The van der Waals surface area contributed by atoms with Crippen LogP contribution in [0.4, 0.5) is 0 Å². The fourth-order valence-electron chi connectivity index (χ4n) is 0.602. The Morgan fingerprint density at radius 1 is 1.56 bits per heavy atom. The Bertz CT molecular complexity index is 88.7. The number of rotatable bonds is 3. The fourth-order valence-corrected chi connectivity index (χ4v) is 0.961. The number of hydrogen-bond acceptors (Lipinski definition) is 0. The standard InChI is InChI=1S/C8H15I/c1-7(2)5-4-6-8(3)9/h5,8H,4,6H2,1-3H3/t8-/m0/s1. The lowest BCUT2D eigenvalue weighted by Crippen LogP contribution is -1.86. The van der Waals surface area contributed by atoms with Gasteiger partial charge in [0.2, 0.25) is 0 Å². The van der Waals surface area contributed by atoms with Crippen molar-refractivity contribution in [2.24, 2.45) is 0 Å². The second-order valence-electron chi connectivity index (χ2n) is 2.64. The molecule has 1 heteroatoms. The molecule has 0 aliphatic carbocycles. The van der Waals surface area contributed by atoms with Crippen molar-refractivity contribution in [1.29, 1.82) is 0 Å². The van der Waals surface area contributed by atoms with Crippen LogP contribution < -0.4 is 0 Å². The number of alkyl halides is 1. The lowest BCUT2D eigenvalue weighted by molar-refractivity contribution is 0.851. The molecule has 0 rings (SSSR count). The highest BCUT2D eigenvalue weighted by atomic mass is 127. The van der Waals surface area contributed by atoms with E-state index in [9.17, 15) is 0 Å². The largest absolute Gasteiger partial charge is 0.0859 e. The van der Waals surface area contributed by atoms with Gasteiger partial charge in [0.1, 0.15) is 0 Å². The molecule has 0 unspecified atom stereocenters. The third-order valence-electron chi connectivity index (χ3n) is 1.12. The molecule has 9 heavy (non-hydrogen) atoms. The molecule has 1 atom stereocenters. The zero-order chi connectivity index (χ0) is 7.28. The summed E-state index contributed by atoms with van der Waals surface area (Å²) in [6, 6.07) is 0. The molecule has 0 spiro atoms. The van der Waals surface area contributed by atoms with Crippen LogP contribution >= 0.6 is 22.6 Å². The Morgan fingerprint density at radius 3 is 2.44 bits per heavy atom. The van der Waals surface area contributed by atoms with E-state index < -0.39 is 0 Å². The van der Waals surface area contributed by atoms with Gasteiger partial charge in [0.25, 0.3) is 0 Å². The smallest absolute Gasteiger partial charge is 0.00842 e. The first-order valence-corrected chi connectivity index (χ1v) is 4.65. The first kappa shape index (κ1) is 9.47. The summed E-state index contributed by atoms with van der Waals surface area (Å²) in [5.74, 6) is 0. The molecular weight excluding hydrogens is 223 g/mol. The maximum absolute atomic E-state index is 2.46. The predicted octanol–water partition coefficient (Wildman–Crippen LogP) is 3.56. The first-order valence-electron chi connectivity index (χ1n) is 3.40. The van der Waals surface area contributed by atoms with Crippen molar-refractivity contribution in [3.63, 3.8) is 0 Å². The van der Waals surface area contributed by atoms with E-state index in [0.717, 1.165) is 3.92 Å². The van der Waals surface area contributed by atoms with Crippen LogP contribution in [0.25, 0.3) is 0 Å². The van der Waals surface area contributed by atoms with Gasteiger partial charge in [0, 0.05) is 3.92 Å². The highest BCUT2D eigenvalue weighted by Gasteiger charge is 1.91. The Hall–Kier alpha value is 0.470. The van der Waals surface area contributed by atoms with Crippen molar-refractivity contribution in [3.8, 4) is 0 Å². The van der Waals surface area contributed by atoms with E-state index in [-0.39, 0.29) is 0 Å². The fraction of sp³-hybridized carbons (Fsp3) is 0.750. The van der Waals surface area contributed by atoms with Crippen molar-refractivity contribution >= 4 is 22.6 Å². The van der Waals surface area contributed by atoms with Crippen molar-refractivity contribution in [3.05, 3.63) is 11.6 Å². The number of allylic oxidation sites excluding steroid dienone is 2. The van der Waals surface area contributed by atoms with Gasteiger partial charge in [0.15, 0.2) is 0 Å². The molecule has 0 aromatic rings. The van der Waals surface area contributed by atoms with Gasteiger partial charge in [-0.05, 0) is 26.7 Å².